The summed E-state index contributed by atoms with van der Waals surface area (Å²) in [4.78, 5) is 23.8. The van der Waals surface area contributed by atoms with Gasteiger partial charge in [-0.05, 0) is 38.5 Å². The highest BCUT2D eigenvalue weighted by Gasteiger charge is 2.28. The van der Waals surface area contributed by atoms with Gasteiger partial charge in [-0.2, -0.15) is 0 Å². The van der Waals surface area contributed by atoms with E-state index in [0.29, 0.717) is 17.1 Å². The summed E-state index contributed by atoms with van der Waals surface area (Å²) >= 11 is 0. The maximum absolute atomic E-state index is 11.9. The Bertz CT molecular complexity index is 578. The number of hydrogen-bond acceptors (Lipinski definition) is 6. The predicted octanol–water partition coefficient (Wildman–Crippen LogP) is 2.15. The van der Waals surface area contributed by atoms with Crippen LogP contribution in [0, 0.1) is 0 Å². The third-order valence-corrected chi connectivity index (χ3v) is 2.83. The standard InChI is InChI=1S/C15H19NO6/c1-15(2,3)22-14(18)16-12(13(17)19-4)9-5-6-10-11(7-9)21-8-20-10/h5-7,12H,8H2,1-4H3,(H,16,18). The fourth-order valence-electron chi connectivity index (χ4n) is 1.91. The van der Waals surface area contributed by atoms with E-state index in [1.54, 1.807) is 39.0 Å². The molecule has 1 N–H and O–H groups in total. The molecule has 7 heteroatoms. The summed E-state index contributed by atoms with van der Waals surface area (Å²) < 4.78 is 20.4. The molecule has 2 rings (SSSR count). The molecule has 0 spiro atoms. The average molecular weight is 309 g/mol. The summed E-state index contributed by atoms with van der Waals surface area (Å²) in [6.45, 7) is 5.34. The van der Waals surface area contributed by atoms with Gasteiger partial charge < -0.3 is 24.3 Å². The average Bonchev–Trinajstić information content (AvgIpc) is 2.89. The molecule has 0 aromatic heterocycles. The highest BCUT2D eigenvalue weighted by molar-refractivity contribution is 5.83. The second kappa shape index (κ2) is 6.13. The van der Waals surface area contributed by atoms with Crippen molar-refractivity contribution in [2.45, 2.75) is 32.4 Å². The molecule has 0 aliphatic carbocycles. The second-order valence-electron chi connectivity index (χ2n) is 5.72. The number of amides is 1. The largest absolute Gasteiger partial charge is 0.467 e. The van der Waals surface area contributed by atoms with Gasteiger partial charge in [-0.1, -0.05) is 6.07 Å². The van der Waals surface area contributed by atoms with Crippen LogP contribution in [-0.2, 0) is 14.3 Å². The van der Waals surface area contributed by atoms with Crippen LogP contribution in [0.25, 0.3) is 0 Å². The second-order valence-corrected chi connectivity index (χ2v) is 5.72. The Hall–Kier alpha value is -2.44. The zero-order chi connectivity index (χ0) is 16.3. The summed E-state index contributed by atoms with van der Waals surface area (Å²) in [6.07, 6.45) is -0.708. The summed E-state index contributed by atoms with van der Waals surface area (Å²) in [7, 11) is 1.25. The first-order valence-corrected chi connectivity index (χ1v) is 6.77. The van der Waals surface area contributed by atoms with Gasteiger partial charge in [0.05, 0.1) is 7.11 Å². The van der Waals surface area contributed by atoms with E-state index >= 15 is 0 Å². The van der Waals surface area contributed by atoms with Crippen LogP contribution < -0.4 is 14.8 Å². The number of rotatable bonds is 3. The van der Waals surface area contributed by atoms with Gasteiger partial charge in [0.25, 0.3) is 0 Å². The molecule has 1 aromatic carbocycles. The van der Waals surface area contributed by atoms with Gasteiger partial charge in [0, 0.05) is 0 Å². The van der Waals surface area contributed by atoms with Crippen LogP contribution in [0.15, 0.2) is 18.2 Å². The van der Waals surface area contributed by atoms with E-state index in [2.05, 4.69) is 5.32 Å². The number of hydrogen-bond donors (Lipinski definition) is 1. The number of carbonyl (C=O) groups excluding carboxylic acids is 2. The van der Waals surface area contributed by atoms with Gasteiger partial charge in [-0.25, -0.2) is 9.59 Å². The number of methoxy groups -OCH3 is 1. The fraction of sp³-hybridized carbons (Fsp3) is 0.467. The molecular weight excluding hydrogens is 290 g/mol. The first-order valence-electron chi connectivity index (χ1n) is 6.77. The molecule has 0 saturated carbocycles. The Kier molecular flexibility index (Phi) is 4.44. The van der Waals surface area contributed by atoms with Gasteiger partial charge in [-0.3, -0.25) is 0 Å². The van der Waals surface area contributed by atoms with Gasteiger partial charge >= 0.3 is 12.1 Å². The van der Waals surface area contributed by atoms with Crippen LogP contribution in [0.1, 0.15) is 32.4 Å². The predicted molar refractivity (Wildman–Crippen MR) is 76.7 cm³/mol. The quantitative estimate of drug-likeness (QED) is 0.861. The van der Waals surface area contributed by atoms with Crippen LogP contribution in [-0.4, -0.2) is 31.6 Å². The van der Waals surface area contributed by atoms with Crippen molar-refractivity contribution in [3.05, 3.63) is 23.8 Å². The Balaban J connectivity index is 2.19. The molecule has 1 unspecified atom stereocenters. The van der Waals surface area contributed by atoms with E-state index in [4.69, 9.17) is 18.9 Å². The van der Waals surface area contributed by atoms with Crippen molar-refractivity contribution in [3.63, 3.8) is 0 Å². The lowest BCUT2D eigenvalue weighted by Gasteiger charge is -2.22. The minimum absolute atomic E-state index is 0.126. The summed E-state index contributed by atoms with van der Waals surface area (Å²) in [5.41, 5.74) is -0.151. The SMILES string of the molecule is COC(=O)C(NC(=O)OC(C)(C)C)c1ccc2c(c1)OCO2. The van der Waals surface area contributed by atoms with Crippen molar-refractivity contribution in [2.24, 2.45) is 0 Å². The minimum Gasteiger partial charge on any atom is -0.467 e. The minimum atomic E-state index is -0.991. The third kappa shape index (κ3) is 3.81. The highest BCUT2D eigenvalue weighted by Crippen LogP contribution is 2.34. The molecule has 0 bridgehead atoms. The zero-order valence-electron chi connectivity index (χ0n) is 13.0. The molecule has 7 nitrogen and oxygen atoms in total. The zero-order valence-corrected chi connectivity index (χ0v) is 13.0. The molecule has 0 saturated heterocycles. The van der Waals surface area contributed by atoms with Gasteiger partial charge in [-0.15, -0.1) is 0 Å². The Morgan fingerprint density at radius 2 is 1.91 bits per heavy atom. The van der Waals surface area contributed by atoms with Crippen molar-refractivity contribution in [1.29, 1.82) is 0 Å². The summed E-state index contributed by atoms with van der Waals surface area (Å²) in [5.74, 6) is 0.492. The monoisotopic (exact) mass is 309 g/mol. The lowest BCUT2D eigenvalue weighted by molar-refractivity contribution is -0.143. The van der Waals surface area contributed by atoms with Crippen molar-refractivity contribution >= 4 is 12.1 Å². The number of fused-ring (bicyclic) bond motifs is 1. The van der Waals surface area contributed by atoms with E-state index in [1.807, 2.05) is 0 Å². The van der Waals surface area contributed by atoms with Crippen molar-refractivity contribution in [3.8, 4) is 11.5 Å². The molecule has 22 heavy (non-hydrogen) atoms. The van der Waals surface area contributed by atoms with Gasteiger partial charge in [0.15, 0.2) is 17.5 Å². The van der Waals surface area contributed by atoms with Crippen LogP contribution in [0.2, 0.25) is 0 Å². The third-order valence-electron chi connectivity index (χ3n) is 2.83. The molecule has 1 heterocycles. The highest BCUT2D eigenvalue weighted by atomic mass is 16.7. The smallest absolute Gasteiger partial charge is 0.408 e. The first kappa shape index (κ1) is 15.9. The Morgan fingerprint density at radius 1 is 1.23 bits per heavy atom. The molecule has 1 aliphatic rings. The molecule has 1 atom stereocenters. The van der Waals surface area contributed by atoms with Crippen LogP contribution in [0.3, 0.4) is 0 Å². The summed E-state index contributed by atoms with van der Waals surface area (Å²) in [6, 6.07) is 3.97. The number of esters is 1. The van der Waals surface area contributed by atoms with Crippen LogP contribution >= 0.6 is 0 Å². The molecule has 1 aliphatic heterocycles. The van der Waals surface area contributed by atoms with E-state index in [-0.39, 0.29) is 6.79 Å². The summed E-state index contributed by atoms with van der Waals surface area (Å²) in [5, 5.41) is 2.50. The van der Waals surface area contributed by atoms with Crippen LogP contribution in [0.4, 0.5) is 4.79 Å². The topological polar surface area (TPSA) is 83.1 Å². The maximum Gasteiger partial charge on any atom is 0.408 e. The molecular formula is C15H19NO6. The maximum atomic E-state index is 11.9. The normalized spacial score (nSPS) is 14.2. The van der Waals surface area contributed by atoms with Crippen LogP contribution in [0.5, 0.6) is 11.5 Å². The molecule has 0 radical (unpaired) electrons. The molecule has 0 fully saturated rings. The fourth-order valence-corrected chi connectivity index (χ4v) is 1.91. The molecule has 120 valence electrons. The Labute approximate surface area is 128 Å². The lowest BCUT2D eigenvalue weighted by Crippen LogP contribution is -2.38. The van der Waals surface area contributed by atoms with E-state index in [1.165, 1.54) is 7.11 Å². The number of alkyl carbamates (subject to hydrolysis) is 1. The molecule has 1 aromatic rings. The lowest BCUT2D eigenvalue weighted by atomic mass is 10.1. The number of nitrogens with one attached hydrogen (secondary N) is 1. The first-order chi connectivity index (χ1) is 10.3. The Morgan fingerprint density at radius 3 is 2.55 bits per heavy atom. The number of carbonyl (C=O) groups is 2. The van der Waals surface area contributed by atoms with Crippen molar-refractivity contribution in [1.82, 2.24) is 5.32 Å². The van der Waals surface area contributed by atoms with Crippen molar-refractivity contribution in [2.75, 3.05) is 13.9 Å². The van der Waals surface area contributed by atoms with Crippen molar-refractivity contribution < 1.29 is 28.5 Å². The van der Waals surface area contributed by atoms with E-state index in [0.717, 1.165) is 0 Å². The van der Waals surface area contributed by atoms with E-state index in [9.17, 15) is 9.59 Å². The number of benzene rings is 1. The van der Waals surface area contributed by atoms with E-state index < -0.39 is 23.7 Å². The van der Waals surface area contributed by atoms with Gasteiger partial charge in [0.2, 0.25) is 6.79 Å². The number of ether oxygens (including phenoxy) is 4. The molecule has 1 amide bonds. The van der Waals surface area contributed by atoms with Gasteiger partial charge in [0.1, 0.15) is 5.60 Å².